The molecule has 3 unspecified atom stereocenters. The van der Waals surface area contributed by atoms with Gasteiger partial charge in [-0.2, -0.15) is 9.78 Å². The SMILES string of the molecule is CCS(=O)C1CCCC(Nc2cnn(-c3ccc(F)cc3F)c(=O)c2Cl)C1. The third kappa shape index (κ3) is 4.38. The first kappa shape index (κ1) is 19.9. The molecule has 0 spiro atoms. The van der Waals surface area contributed by atoms with E-state index in [0.717, 1.165) is 42.5 Å². The largest absolute Gasteiger partial charge is 0.380 e. The Hall–Kier alpha value is -1.80. The minimum absolute atomic E-state index is 0.0383. The molecule has 0 bridgehead atoms. The summed E-state index contributed by atoms with van der Waals surface area (Å²) in [4.78, 5) is 12.5. The molecule has 9 heteroatoms. The van der Waals surface area contributed by atoms with E-state index < -0.39 is 28.0 Å². The normalized spacial score (nSPS) is 21.0. The fraction of sp³-hybridized carbons (Fsp3) is 0.444. The molecule has 27 heavy (non-hydrogen) atoms. The second kappa shape index (κ2) is 8.48. The number of nitrogens with zero attached hydrogens (tertiary/aromatic N) is 2. The highest BCUT2D eigenvalue weighted by Crippen LogP contribution is 2.27. The van der Waals surface area contributed by atoms with Crippen LogP contribution in [0, 0.1) is 11.6 Å². The summed E-state index contributed by atoms with van der Waals surface area (Å²) in [6.45, 7) is 1.90. The van der Waals surface area contributed by atoms with Crippen molar-refractivity contribution in [3.63, 3.8) is 0 Å². The first-order valence-corrected chi connectivity index (χ1v) is 10.5. The molecule has 1 N–H and O–H groups in total. The van der Waals surface area contributed by atoms with Crippen molar-refractivity contribution in [2.75, 3.05) is 11.1 Å². The Morgan fingerprint density at radius 1 is 1.37 bits per heavy atom. The summed E-state index contributed by atoms with van der Waals surface area (Å²) in [5.41, 5.74) is -0.518. The van der Waals surface area contributed by atoms with Crippen LogP contribution in [0.1, 0.15) is 32.6 Å². The van der Waals surface area contributed by atoms with E-state index in [1.54, 1.807) is 0 Å². The summed E-state index contributed by atoms with van der Waals surface area (Å²) in [7, 11) is -0.862. The first-order valence-electron chi connectivity index (χ1n) is 8.77. The molecule has 2 aromatic rings. The smallest absolute Gasteiger partial charge is 0.292 e. The topological polar surface area (TPSA) is 64.0 Å². The van der Waals surface area contributed by atoms with Crippen molar-refractivity contribution in [2.24, 2.45) is 0 Å². The van der Waals surface area contributed by atoms with Crippen molar-refractivity contribution in [2.45, 2.75) is 43.9 Å². The summed E-state index contributed by atoms with van der Waals surface area (Å²) < 4.78 is 39.9. The van der Waals surface area contributed by atoms with Gasteiger partial charge in [0.2, 0.25) is 0 Å². The van der Waals surface area contributed by atoms with E-state index in [4.69, 9.17) is 11.6 Å². The number of hydrogen-bond donors (Lipinski definition) is 1. The lowest BCUT2D eigenvalue weighted by atomic mass is 9.95. The minimum Gasteiger partial charge on any atom is -0.380 e. The maximum absolute atomic E-state index is 13.9. The van der Waals surface area contributed by atoms with E-state index in [-0.39, 0.29) is 22.0 Å². The zero-order chi connectivity index (χ0) is 19.6. The van der Waals surface area contributed by atoms with E-state index in [2.05, 4.69) is 10.4 Å². The van der Waals surface area contributed by atoms with Crippen molar-refractivity contribution in [3.8, 4) is 5.69 Å². The standard InChI is InChI=1S/C18H20ClF2N3O2S/c1-2-27(26)13-5-3-4-12(9-13)23-15-10-22-24(18(25)17(15)19)16-7-6-11(20)8-14(16)21/h6-8,10,12-13,23H,2-5,9H2,1H3. The molecule has 0 saturated heterocycles. The molecule has 1 saturated carbocycles. The van der Waals surface area contributed by atoms with Gasteiger partial charge in [0.15, 0.2) is 5.82 Å². The summed E-state index contributed by atoms with van der Waals surface area (Å²) in [5, 5.41) is 7.18. The highest BCUT2D eigenvalue weighted by molar-refractivity contribution is 7.85. The maximum Gasteiger partial charge on any atom is 0.292 e. The van der Waals surface area contributed by atoms with Crippen LogP contribution in [0.4, 0.5) is 14.5 Å². The Balaban J connectivity index is 1.83. The molecule has 146 valence electrons. The molecule has 0 radical (unpaired) electrons. The average molecular weight is 416 g/mol. The van der Waals surface area contributed by atoms with Crippen LogP contribution in [-0.2, 0) is 10.8 Å². The quantitative estimate of drug-likeness (QED) is 0.809. The van der Waals surface area contributed by atoms with Crippen LogP contribution < -0.4 is 10.9 Å². The zero-order valence-corrected chi connectivity index (χ0v) is 16.3. The van der Waals surface area contributed by atoms with E-state index in [1.165, 1.54) is 6.20 Å². The Morgan fingerprint density at radius 2 is 2.15 bits per heavy atom. The number of hydrogen-bond acceptors (Lipinski definition) is 4. The van der Waals surface area contributed by atoms with Crippen molar-refractivity contribution < 1.29 is 13.0 Å². The molecule has 0 amide bonds. The summed E-state index contributed by atoms with van der Waals surface area (Å²) >= 11 is 6.18. The van der Waals surface area contributed by atoms with Gasteiger partial charge in [-0.05, 0) is 31.4 Å². The lowest BCUT2D eigenvalue weighted by Crippen LogP contribution is -2.34. The number of anilines is 1. The Morgan fingerprint density at radius 3 is 2.85 bits per heavy atom. The minimum atomic E-state index is -0.904. The second-order valence-electron chi connectivity index (χ2n) is 6.48. The molecule has 1 fully saturated rings. The molecular formula is C18H20ClF2N3O2S. The van der Waals surface area contributed by atoms with E-state index in [9.17, 15) is 17.8 Å². The van der Waals surface area contributed by atoms with Gasteiger partial charge in [0.1, 0.15) is 16.5 Å². The van der Waals surface area contributed by atoms with E-state index in [1.807, 2.05) is 6.92 Å². The lowest BCUT2D eigenvalue weighted by Gasteiger charge is -2.29. The fourth-order valence-electron chi connectivity index (χ4n) is 3.33. The Kier molecular flexibility index (Phi) is 6.26. The summed E-state index contributed by atoms with van der Waals surface area (Å²) in [5.74, 6) is -1.03. The highest BCUT2D eigenvalue weighted by Gasteiger charge is 2.26. The van der Waals surface area contributed by atoms with Crippen LogP contribution in [0.3, 0.4) is 0 Å². The van der Waals surface area contributed by atoms with Crippen molar-refractivity contribution in [1.29, 1.82) is 0 Å². The lowest BCUT2D eigenvalue weighted by molar-refractivity contribution is 0.465. The molecule has 5 nitrogen and oxygen atoms in total. The third-order valence-electron chi connectivity index (χ3n) is 4.70. The average Bonchev–Trinajstić information content (AvgIpc) is 2.66. The zero-order valence-electron chi connectivity index (χ0n) is 14.8. The monoisotopic (exact) mass is 415 g/mol. The number of rotatable bonds is 5. The van der Waals surface area contributed by atoms with Crippen molar-refractivity contribution in [1.82, 2.24) is 9.78 Å². The number of nitrogens with one attached hydrogen (secondary N) is 1. The third-order valence-corrected chi connectivity index (χ3v) is 6.80. The molecule has 1 aromatic carbocycles. The van der Waals surface area contributed by atoms with Gasteiger partial charge in [0.05, 0.1) is 11.9 Å². The fourth-order valence-corrected chi connectivity index (χ4v) is 4.86. The van der Waals surface area contributed by atoms with Gasteiger partial charge in [-0.3, -0.25) is 9.00 Å². The van der Waals surface area contributed by atoms with Crippen LogP contribution >= 0.6 is 11.6 Å². The number of aromatic nitrogens is 2. The van der Waals surface area contributed by atoms with Crippen LogP contribution in [0.2, 0.25) is 5.02 Å². The first-order chi connectivity index (χ1) is 12.9. The van der Waals surface area contributed by atoms with E-state index >= 15 is 0 Å². The van der Waals surface area contributed by atoms with Crippen LogP contribution in [0.25, 0.3) is 5.69 Å². The molecule has 1 aromatic heterocycles. The van der Waals surface area contributed by atoms with Crippen LogP contribution in [0.15, 0.2) is 29.2 Å². The van der Waals surface area contributed by atoms with E-state index in [0.29, 0.717) is 17.5 Å². The van der Waals surface area contributed by atoms with Crippen molar-refractivity contribution >= 4 is 28.1 Å². The van der Waals surface area contributed by atoms with Crippen LogP contribution in [0.5, 0.6) is 0 Å². The molecule has 1 aliphatic rings. The molecular weight excluding hydrogens is 396 g/mol. The molecule has 1 heterocycles. The molecule has 0 aliphatic heterocycles. The number of benzene rings is 1. The van der Waals surface area contributed by atoms with Gasteiger partial charge in [-0.1, -0.05) is 24.9 Å². The van der Waals surface area contributed by atoms with Gasteiger partial charge in [-0.25, -0.2) is 8.78 Å². The van der Waals surface area contributed by atoms with Gasteiger partial charge < -0.3 is 5.32 Å². The highest BCUT2D eigenvalue weighted by atomic mass is 35.5. The van der Waals surface area contributed by atoms with Gasteiger partial charge >= 0.3 is 0 Å². The predicted octanol–water partition coefficient (Wildman–Crippen LogP) is 3.66. The Labute approximate surface area is 163 Å². The summed E-state index contributed by atoms with van der Waals surface area (Å²) in [6.07, 6.45) is 4.83. The molecule has 3 atom stereocenters. The predicted molar refractivity (Wildman–Crippen MR) is 103 cm³/mol. The second-order valence-corrected chi connectivity index (χ2v) is 8.87. The van der Waals surface area contributed by atoms with Crippen LogP contribution in [-0.4, -0.2) is 31.0 Å². The van der Waals surface area contributed by atoms with Gasteiger partial charge in [0.25, 0.3) is 5.56 Å². The van der Waals surface area contributed by atoms with Gasteiger partial charge in [0, 0.05) is 33.9 Å². The van der Waals surface area contributed by atoms with Gasteiger partial charge in [-0.15, -0.1) is 0 Å². The number of halogens is 3. The van der Waals surface area contributed by atoms with Crippen molar-refractivity contribution in [3.05, 3.63) is 51.4 Å². The molecule has 1 aliphatic carbocycles. The maximum atomic E-state index is 13.9. The Bertz CT molecular complexity index is 922. The summed E-state index contributed by atoms with van der Waals surface area (Å²) in [6, 6.07) is 2.90. The molecule has 3 rings (SSSR count).